The highest BCUT2D eigenvalue weighted by atomic mass is 32.2. The summed E-state index contributed by atoms with van der Waals surface area (Å²) in [5.74, 6) is 0.573. The molecule has 0 bridgehead atoms. The fraction of sp³-hybridized carbons (Fsp3) is 0.222. The second kappa shape index (κ2) is 9.90. The van der Waals surface area contributed by atoms with Crippen molar-refractivity contribution in [2.75, 3.05) is 12.3 Å². The van der Waals surface area contributed by atoms with E-state index in [0.717, 1.165) is 11.3 Å². The zero-order valence-corrected chi connectivity index (χ0v) is 18.4. The summed E-state index contributed by atoms with van der Waals surface area (Å²) in [6, 6.07) is 7.27. The van der Waals surface area contributed by atoms with E-state index in [4.69, 9.17) is 10.5 Å². The van der Waals surface area contributed by atoms with Crippen molar-refractivity contribution < 1.29 is 14.2 Å². The van der Waals surface area contributed by atoms with E-state index in [1.807, 2.05) is 31.2 Å². The summed E-state index contributed by atoms with van der Waals surface area (Å²) in [5.41, 5.74) is 9.47. The van der Waals surface area contributed by atoms with E-state index in [1.54, 1.807) is 17.9 Å². The van der Waals surface area contributed by atoms with Crippen LogP contribution in [0.25, 0.3) is 5.82 Å². The number of anilines is 1. The predicted octanol–water partition coefficient (Wildman–Crippen LogP) is 0.816. The van der Waals surface area contributed by atoms with Gasteiger partial charge in [0.05, 0.1) is 18.5 Å². The summed E-state index contributed by atoms with van der Waals surface area (Å²) in [4.78, 5) is 12.8. The number of ether oxygens (including phenoxy) is 1. The highest BCUT2D eigenvalue weighted by molar-refractivity contribution is 7.98. The second-order valence-corrected chi connectivity index (χ2v) is 7.43. The Balaban J connectivity index is 1.53. The molecule has 3 heterocycles. The van der Waals surface area contributed by atoms with Gasteiger partial charge in [0, 0.05) is 12.8 Å². The van der Waals surface area contributed by atoms with E-state index in [2.05, 4.69) is 46.0 Å². The fourth-order valence-corrected chi connectivity index (χ4v) is 3.57. The topological polar surface area (TPSA) is 177 Å². The molecule has 170 valence electrons. The Morgan fingerprint density at radius 2 is 2.12 bits per heavy atom. The molecule has 3 N–H and O–H groups in total. The number of rotatable bonds is 9. The van der Waals surface area contributed by atoms with Gasteiger partial charge in [-0.3, -0.25) is 4.79 Å². The zero-order valence-electron chi connectivity index (χ0n) is 17.6. The van der Waals surface area contributed by atoms with Gasteiger partial charge in [-0.1, -0.05) is 17.0 Å². The normalized spacial score (nSPS) is 11.2. The van der Waals surface area contributed by atoms with Gasteiger partial charge in [0.1, 0.15) is 12.1 Å². The molecule has 0 aliphatic heterocycles. The third-order valence-electron chi connectivity index (χ3n) is 4.25. The van der Waals surface area contributed by atoms with Crippen LogP contribution >= 0.6 is 11.8 Å². The first-order valence-corrected chi connectivity index (χ1v) is 10.6. The number of carbonyl (C=O) groups is 1. The largest absolute Gasteiger partial charge is 0.494 e. The van der Waals surface area contributed by atoms with E-state index in [9.17, 15) is 4.79 Å². The number of benzene rings is 1. The van der Waals surface area contributed by atoms with Crippen molar-refractivity contribution in [3.63, 3.8) is 0 Å². The van der Waals surface area contributed by atoms with Crippen LogP contribution in [0.2, 0.25) is 0 Å². The number of aromatic nitrogens is 8. The smallest absolute Gasteiger partial charge is 0.293 e. The molecule has 4 aromatic rings. The molecule has 0 saturated heterocycles. The molecule has 0 atom stereocenters. The van der Waals surface area contributed by atoms with Crippen molar-refractivity contribution in [3.05, 3.63) is 47.5 Å². The summed E-state index contributed by atoms with van der Waals surface area (Å²) >= 11 is 1.32. The predicted molar refractivity (Wildman–Crippen MR) is 117 cm³/mol. The number of aryl methyl sites for hydroxylation is 1. The Morgan fingerprint density at radius 3 is 2.79 bits per heavy atom. The standard InChI is InChI=1S/C18H19N11O3S/c1-3-31-12-6-4-11(5-7-12)8-20-23-17(30)14-13(9-33-18-24-21-10-28(18)2)29(27-22-14)16-15(19)25-32-26-16/h4-8,10H,3,9H2,1-2H3,(H2,19,25)(H,23,30)/b20-8-. The molecule has 0 fully saturated rings. The van der Waals surface area contributed by atoms with Crippen LogP contribution in [0.5, 0.6) is 5.75 Å². The van der Waals surface area contributed by atoms with Crippen molar-refractivity contribution >= 4 is 29.7 Å². The van der Waals surface area contributed by atoms with E-state index in [1.165, 1.54) is 22.7 Å². The Kier molecular flexibility index (Phi) is 6.58. The number of hydrazone groups is 1. The van der Waals surface area contributed by atoms with Gasteiger partial charge in [-0.2, -0.15) is 9.78 Å². The molecule has 0 aliphatic carbocycles. The maximum Gasteiger partial charge on any atom is 0.293 e. The molecule has 4 rings (SSSR count). The first kappa shape index (κ1) is 21.9. The molecule has 1 aromatic carbocycles. The van der Waals surface area contributed by atoms with Crippen LogP contribution in [0.3, 0.4) is 0 Å². The van der Waals surface area contributed by atoms with Crippen LogP contribution in [0.15, 0.2) is 45.5 Å². The van der Waals surface area contributed by atoms with Gasteiger partial charge in [0.25, 0.3) is 5.91 Å². The molecule has 3 aromatic heterocycles. The van der Waals surface area contributed by atoms with Gasteiger partial charge in [-0.05, 0) is 47.1 Å². The molecular weight excluding hydrogens is 450 g/mol. The van der Waals surface area contributed by atoms with Crippen LogP contribution in [0.1, 0.15) is 28.7 Å². The lowest BCUT2D eigenvalue weighted by molar-refractivity contribution is 0.0949. The van der Waals surface area contributed by atoms with Crippen LogP contribution in [0, 0.1) is 0 Å². The summed E-state index contributed by atoms with van der Waals surface area (Å²) in [5, 5.41) is 27.8. The molecule has 0 saturated carbocycles. The van der Waals surface area contributed by atoms with Gasteiger partial charge >= 0.3 is 0 Å². The summed E-state index contributed by atoms with van der Waals surface area (Å²) in [7, 11) is 1.81. The number of carbonyl (C=O) groups excluding carboxylic acids is 1. The number of nitrogens with two attached hydrogens (primary N) is 1. The highest BCUT2D eigenvalue weighted by Crippen LogP contribution is 2.24. The quantitative estimate of drug-likeness (QED) is 0.201. The molecule has 1 amide bonds. The van der Waals surface area contributed by atoms with E-state index < -0.39 is 5.91 Å². The van der Waals surface area contributed by atoms with Crippen LogP contribution < -0.4 is 15.9 Å². The van der Waals surface area contributed by atoms with Gasteiger partial charge in [0.2, 0.25) is 11.6 Å². The Bertz CT molecular complexity index is 1260. The average Bonchev–Trinajstić information content (AvgIpc) is 3.53. The number of thioether (sulfide) groups is 1. The van der Waals surface area contributed by atoms with Gasteiger partial charge in [0.15, 0.2) is 10.9 Å². The third kappa shape index (κ3) is 4.98. The number of hydrogen-bond acceptors (Lipinski definition) is 12. The Hall–Kier alpha value is -4.27. The first-order valence-electron chi connectivity index (χ1n) is 9.62. The molecule has 0 spiro atoms. The zero-order chi connectivity index (χ0) is 23.2. The SMILES string of the molecule is CCOc1ccc(/C=N\NC(=O)c2nnn(-c3nonc3N)c2CSc2nncn2C)cc1. The van der Waals surface area contributed by atoms with Crippen LogP contribution in [-0.2, 0) is 12.8 Å². The lowest BCUT2D eigenvalue weighted by Crippen LogP contribution is -2.20. The number of nitrogen functional groups attached to an aromatic ring is 1. The van der Waals surface area contributed by atoms with Crippen molar-refractivity contribution in [3.8, 4) is 11.6 Å². The van der Waals surface area contributed by atoms with Crippen molar-refractivity contribution in [1.82, 2.24) is 45.5 Å². The lowest BCUT2D eigenvalue weighted by Gasteiger charge is -2.05. The molecule has 0 aliphatic rings. The average molecular weight is 469 g/mol. The minimum atomic E-state index is -0.563. The summed E-state index contributed by atoms with van der Waals surface area (Å²) in [6.45, 7) is 2.49. The van der Waals surface area contributed by atoms with Crippen LogP contribution in [0.4, 0.5) is 5.82 Å². The van der Waals surface area contributed by atoms with Gasteiger partial charge < -0.3 is 15.0 Å². The maximum atomic E-state index is 12.8. The van der Waals surface area contributed by atoms with Crippen LogP contribution in [-0.4, -0.2) is 58.8 Å². The first-order chi connectivity index (χ1) is 16.1. The number of nitrogens with one attached hydrogen (secondary N) is 1. The molecule has 15 heteroatoms. The molecule has 0 radical (unpaired) electrons. The lowest BCUT2D eigenvalue weighted by atomic mass is 10.2. The van der Waals surface area contributed by atoms with E-state index in [0.29, 0.717) is 17.5 Å². The summed E-state index contributed by atoms with van der Waals surface area (Å²) < 4.78 is 13.1. The Labute approximate surface area is 191 Å². The molecule has 14 nitrogen and oxygen atoms in total. The monoisotopic (exact) mass is 469 g/mol. The minimum absolute atomic E-state index is 0.00490. The molecule has 0 unspecified atom stereocenters. The highest BCUT2D eigenvalue weighted by Gasteiger charge is 2.24. The van der Waals surface area contributed by atoms with Gasteiger partial charge in [-0.15, -0.1) is 15.3 Å². The number of amides is 1. The Morgan fingerprint density at radius 1 is 1.30 bits per heavy atom. The van der Waals surface area contributed by atoms with Crippen molar-refractivity contribution in [2.24, 2.45) is 12.1 Å². The molecule has 33 heavy (non-hydrogen) atoms. The van der Waals surface area contributed by atoms with Crippen molar-refractivity contribution in [2.45, 2.75) is 17.8 Å². The molecular formula is C18H19N11O3S. The number of hydrogen-bond donors (Lipinski definition) is 2. The minimum Gasteiger partial charge on any atom is -0.494 e. The van der Waals surface area contributed by atoms with Crippen molar-refractivity contribution in [1.29, 1.82) is 0 Å². The van der Waals surface area contributed by atoms with E-state index in [-0.39, 0.29) is 23.1 Å². The number of nitrogens with zero attached hydrogens (tertiary/aromatic N) is 9. The fourth-order valence-electron chi connectivity index (χ4n) is 2.69. The summed E-state index contributed by atoms with van der Waals surface area (Å²) in [6.07, 6.45) is 3.08. The third-order valence-corrected chi connectivity index (χ3v) is 5.30. The van der Waals surface area contributed by atoms with E-state index >= 15 is 0 Å². The second-order valence-electron chi connectivity index (χ2n) is 6.48. The van der Waals surface area contributed by atoms with Gasteiger partial charge in [-0.25, -0.2) is 10.1 Å². The maximum absolute atomic E-state index is 12.8.